The minimum absolute atomic E-state index is 0.00312. The van der Waals surface area contributed by atoms with Gasteiger partial charge in [-0.15, -0.1) is 11.3 Å². The van der Waals surface area contributed by atoms with Gasteiger partial charge in [0, 0.05) is 13.1 Å². The summed E-state index contributed by atoms with van der Waals surface area (Å²) in [5.41, 5.74) is 0. The number of hydrogen-bond donors (Lipinski definition) is 3. The molecule has 0 fully saturated rings. The molecule has 116 valence electrons. The fraction of sp³-hybridized carbons (Fsp3) is 0.500. The number of anilines is 2. The molecule has 0 saturated carbocycles. The Bertz CT molecular complexity index is 699. The van der Waals surface area contributed by atoms with Crippen LogP contribution in [0.15, 0.2) is 11.4 Å². The van der Waals surface area contributed by atoms with Gasteiger partial charge in [-0.05, 0) is 24.9 Å². The van der Waals surface area contributed by atoms with Crippen molar-refractivity contribution in [3.05, 3.63) is 11.4 Å². The Labute approximate surface area is 128 Å². The Kier molecular flexibility index (Phi) is 5.32. The lowest BCUT2D eigenvalue weighted by Gasteiger charge is -2.09. The lowest BCUT2D eigenvalue weighted by atomic mass is 10.4. The predicted octanol–water partition coefficient (Wildman–Crippen LogP) is 1.47. The molecule has 0 atom stereocenters. The minimum atomic E-state index is -3.22. The lowest BCUT2D eigenvalue weighted by Crippen LogP contribution is -2.26. The highest BCUT2D eigenvalue weighted by molar-refractivity contribution is 7.89. The summed E-state index contributed by atoms with van der Waals surface area (Å²) in [6.45, 7) is 3.15. The molecular formula is C12H19N5O2S2. The van der Waals surface area contributed by atoms with E-state index in [1.807, 2.05) is 11.4 Å². The lowest BCUT2D eigenvalue weighted by molar-refractivity contribution is 0.588. The smallest absolute Gasteiger partial charge is 0.226 e. The van der Waals surface area contributed by atoms with E-state index in [0.29, 0.717) is 18.3 Å². The first-order valence-corrected chi connectivity index (χ1v) is 9.23. The monoisotopic (exact) mass is 329 g/mol. The van der Waals surface area contributed by atoms with Gasteiger partial charge in [-0.1, -0.05) is 6.92 Å². The molecule has 3 N–H and O–H groups in total. The van der Waals surface area contributed by atoms with E-state index < -0.39 is 10.0 Å². The van der Waals surface area contributed by atoms with Crippen LogP contribution in [-0.4, -0.2) is 44.3 Å². The molecular weight excluding hydrogens is 310 g/mol. The van der Waals surface area contributed by atoms with E-state index in [2.05, 4.69) is 32.2 Å². The van der Waals surface area contributed by atoms with Crippen LogP contribution >= 0.6 is 11.3 Å². The van der Waals surface area contributed by atoms with Crippen molar-refractivity contribution in [3.63, 3.8) is 0 Å². The minimum Gasteiger partial charge on any atom is -0.368 e. The molecule has 0 aromatic carbocycles. The van der Waals surface area contributed by atoms with Crippen molar-refractivity contribution in [1.82, 2.24) is 14.7 Å². The van der Waals surface area contributed by atoms with E-state index in [9.17, 15) is 8.42 Å². The van der Waals surface area contributed by atoms with Crippen molar-refractivity contribution in [2.75, 3.05) is 36.5 Å². The van der Waals surface area contributed by atoms with E-state index >= 15 is 0 Å². The molecule has 0 aliphatic heterocycles. The SMILES string of the molecule is CCCNc1nc(NCCS(=O)(=O)NC)c2ccsc2n1. The fourth-order valence-corrected chi connectivity index (χ4v) is 3.05. The second kappa shape index (κ2) is 7.01. The average Bonchev–Trinajstić information content (AvgIpc) is 2.93. The van der Waals surface area contributed by atoms with Crippen LogP contribution in [0.2, 0.25) is 0 Å². The Balaban J connectivity index is 2.15. The number of aromatic nitrogens is 2. The molecule has 0 aliphatic carbocycles. The Morgan fingerprint density at radius 3 is 2.76 bits per heavy atom. The maximum Gasteiger partial charge on any atom is 0.226 e. The van der Waals surface area contributed by atoms with Gasteiger partial charge in [0.25, 0.3) is 0 Å². The second-order valence-corrected chi connectivity index (χ2v) is 7.35. The van der Waals surface area contributed by atoms with E-state index in [1.165, 1.54) is 18.4 Å². The zero-order valence-corrected chi connectivity index (χ0v) is 13.6. The summed E-state index contributed by atoms with van der Waals surface area (Å²) in [5, 5.41) is 9.08. The number of sulfonamides is 1. The summed E-state index contributed by atoms with van der Waals surface area (Å²) in [7, 11) is -1.82. The molecule has 2 rings (SSSR count). The molecule has 0 aliphatic rings. The van der Waals surface area contributed by atoms with Gasteiger partial charge in [0.15, 0.2) is 0 Å². The number of hydrogen-bond acceptors (Lipinski definition) is 7. The Morgan fingerprint density at radius 1 is 1.24 bits per heavy atom. The molecule has 2 aromatic heterocycles. The predicted molar refractivity (Wildman–Crippen MR) is 87.5 cm³/mol. The third kappa shape index (κ3) is 4.26. The number of rotatable bonds is 8. The summed E-state index contributed by atoms with van der Waals surface area (Å²) < 4.78 is 25.1. The maximum absolute atomic E-state index is 11.4. The summed E-state index contributed by atoms with van der Waals surface area (Å²) >= 11 is 1.53. The molecule has 2 aromatic rings. The highest BCUT2D eigenvalue weighted by Crippen LogP contribution is 2.26. The largest absolute Gasteiger partial charge is 0.368 e. The molecule has 0 amide bonds. The molecule has 9 heteroatoms. The first kappa shape index (κ1) is 15.9. The van der Waals surface area contributed by atoms with Crippen LogP contribution in [0.5, 0.6) is 0 Å². The molecule has 0 unspecified atom stereocenters. The average molecular weight is 329 g/mol. The summed E-state index contributed by atoms with van der Waals surface area (Å²) in [6, 6.07) is 1.93. The molecule has 21 heavy (non-hydrogen) atoms. The van der Waals surface area contributed by atoms with Gasteiger partial charge in [-0.3, -0.25) is 0 Å². The Hall–Kier alpha value is -1.45. The summed E-state index contributed by atoms with van der Waals surface area (Å²) in [6.07, 6.45) is 0.981. The molecule has 0 bridgehead atoms. The van der Waals surface area contributed by atoms with E-state index in [4.69, 9.17) is 0 Å². The van der Waals surface area contributed by atoms with Crippen LogP contribution in [0.1, 0.15) is 13.3 Å². The normalized spacial score (nSPS) is 11.7. The van der Waals surface area contributed by atoms with Gasteiger partial charge >= 0.3 is 0 Å². The van der Waals surface area contributed by atoms with Crippen molar-refractivity contribution in [1.29, 1.82) is 0 Å². The highest BCUT2D eigenvalue weighted by Gasteiger charge is 2.10. The third-order valence-electron chi connectivity index (χ3n) is 2.83. The molecule has 0 spiro atoms. The van der Waals surface area contributed by atoms with Gasteiger partial charge < -0.3 is 10.6 Å². The standard InChI is InChI=1S/C12H19N5O2S2/c1-3-5-15-12-16-10(9-4-7-20-11(9)17-12)14-6-8-21(18,19)13-2/h4,7,13H,3,5-6,8H2,1-2H3,(H2,14,15,16,17). The first-order chi connectivity index (χ1) is 10.1. The van der Waals surface area contributed by atoms with E-state index in [1.54, 1.807) is 0 Å². The van der Waals surface area contributed by atoms with Crippen molar-refractivity contribution in [2.45, 2.75) is 13.3 Å². The van der Waals surface area contributed by atoms with Gasteiger partial charge in [0.2, 0.25) is 16.0 Å². The highest BCUT2D eigenvalue weighted by atomic mass is 32.2. The molecule has 0 saturated heterocycles. The van der Waals surface area contributed by atoms with Crippen LogP contribution in [0, 0.1) is 0 Å². The molecule has 7 nitrogen and oxygen atoms in total. The zero-order chi connectivity index (χ0) is 15.3. The fourth-order valence-electron chi connectivity index (χ4n) is 1.71. The van der Waals surface area contributed by atoms with Crippen LogP contribution in [-0.2, 0) is 10.0 Å². The van der Waals surface area contributed by atoms with Gasteiger partial charge in [0.05, 0.1) is 11.1 Å². The van der Waals surface area contributed by atoms with E-state index in [-0.39, 0.29) is 5.75 Å². The van der Waals surface area contributed by atoms with Gasteiger partial charge in [0.1, 0.15) is 10.6 Å². The van der Waals surface area contributed by atoms with Crippen molar-refractivity contribution in [2.24, 2.45) is 0 Å². The second-order valence-electron chi connectivity index (χ2n) is 4.41. The summed E-state index contributed by atoms with van der Waals surface area (Å²) in [4.78, 5) is 9.72. The van der Waals surface area contributed by atoms with Gasteiger partial charge in [-0.2, -0.15) is 4.98 Å². The Morgan fingerprint density at radius 2 is 2.05 bits per heavy atom. The number of nitrogens with zero attached hydrogens (tertiary/aromatic N) is 2. The van der Waals surface area contributed by atoms with Gasteiger partial charge in [-0.25, -0.2) is 18.1 Å². The van der Waals surface area contributed by atoms with Crippen molar-refractivity contribution in [3.8, 4) is 0 Å². The number of nitrogens with one attached hydrogen (secondary N) is 3. The van der Waals surface area contributed by atoms with Crippen LogP contribution in [0.25, 0.3) is 10.2 Å². The third-order valence-corrected chi connectivity index (χ3v) is 5.00. The topological polar surface area (TPSA) is 96.0 Å². The van der Waals surface area contributed by atoms with Crippen molar-refractivity contribution < 1.29 is 8.42 Å². The quantitative estimate of drug-likeness (QED) is 0.679. The maximum atomic E-state index is 11.4. The van der Waals surface area contributed by atoms with Crippen molar-refractivity contribution >= 4 is 43.3 Å². The van der Waals surface area contributed by atoms with Crippen LogP contribution in [0.3, 0.4) is 0 Å². The number of fused-ring (bicyclic) bond motifs is 1. The molecule has 2 heterocycles. The first-order valence-electron chi connectivity index (χ1n) is 6.70. The van der Waals surface area contributed by atoms with E-state index in [0.717, 1.165) is 23.2 Å². The van der Waals surface area contributed by atoms with Crippen LogP contribution in [0.4, 0.5) is 11.8 Å². The molecule has 0 radical (unpaired) electrons. The number of thiophene rings is 1. The van der Waals surface area contributed by atoms with Crippen LogP contribution < -0.4 is 15.4 Å². The summed E-state index contributed by atoms with van der Waals surface area (Å²) in [5.74, 6) is 1.22. The zero-order valence-electron chi connectivity index (χ0n) is 12.0.